The van der Waals surface area contributed by atoms with E-state index in [1.807, 2.05) is 13.8 Å². The summed E-state index contributed by atoms with van der Waals surface area (Å²) in [4.78, 5) is 24.4. The third-order valence-corrected chi connectivity index (χ3v) is 3.34. The average molecular weight is 324 g/mol. The molecular weight excluding hydrogens is 300 g/mol. The highest BCUT2D eigenvalue weighted by Crippen LogP contribution is 2.16. The van der Waals surface area contributed by atoms with Gasteiger partial charge in [-0.1, -0.05) is 26.3 Å². The van der Waals surface area contributed by atoms with Crippen LogP contribution in [-0.4, -0.2) is 48.1 Å². The van der Waals surface area contributed by atoms with Crippen molar-refractivity contribution in [2.75, 3.05) is 19.8 Å². The van der Waals surface area contributed by atoms with Gasteiger partial charge < -0.3 is 19.7 Å². The van der Waals surface area contributed by atoms with Crippen LogP contribution in [0.3, 0.4) is 0 Å². The Morgan fingerprint density at radius 3 is 2.35 bits per heavy atom. The molecule has 0 saturated carbocycles. The maximum Gasteiger partial charge on any atom is 0.339 e. The normalized spacial score (nSPS) is 10.7. The summed E-state index contributed by atoms with van der Waals surface area (Å²) in [7, 11) is 0. The van der Waals surface area contributed by atoms with Gasteiger partial charge in [-0.25, -0.2) is 9.59 Å². The molecule has 0 aliphatic rings. The Morgan fingerprint density at radius 2 is 1.78 bits per heavy atom. The molecule has 0 amide bonds. The van der Waals surface area contributed by atoms with Gasteiger partial charge in [0.1, 0.15) is 6.10 Å². The lowest BCUT2D eigenvalue weighted by Crippen LogP contribution is -2.26. The maximum atomic E-state index is 12.2. The standard InChI is InChI=1S/C17H24O6/c1-3-5-8-22-16(20)15-9-12(4-2)6-7-14(15)17(21)23-13(10-18)11-19/h6-7,9,13,18-19H,3-5,8,10-11H2,1-2H3. The van der Waals surface area contributed by atoms with Crippen molar-refractivity contribution in [3.8, 4) is 0 Å². The highest BCUT2D eigenvalue weighted by molar-refractivity contribution is 6.03. The largest absolute Gasteiger partial charge is 0.462 e. The van der Waals surface area contributed by atoms with Gasteiger partial charge in [0.15, 0.2) is 0 Å². The first-order valence-corrected chi connectivity index (χ1v) is 7.80. The summed E-state index contributed by atoms with van der Waals surface area (Å²) >= 11 is 0. The van der Waals surface area contributed by atoms with Crippen LogP contribution in [0.15, 0.2) is 18.2 Å². The van der Waals surface area contributed by atoms with E-state index in [9.17, 15) is 9.59 Å². The number of rotatable bonds is 9. The Labute approximate surface area is 136 Å². The lowest BCUT2D eigenvalue weighted by Gasteiger charge is -2.15. The summed E-state index contributed by atoms with van der Waals surface area (Å²) in [6.07, 6.45) is 1.33. The number of aliphatic hydroxyl groups is 2. The topological polar surface area (TPSA) is 93.1 Å². The number of hydrogen-bond acceptors (Lipinski definition) is 6. The number of hydrogen-bond donors (Lipinski definition) is 2. The van der Waals surface area contributed by atoms with E-state index < -0.39 is 31.3 Å². The number of ether oxygens (including phenoxy) is 2. The predicted octanol–water partition coefficient (Wildman–Crippen LogP) is 1.72. The summed E-state index contributed by atoms with van der Waals surface area (Å²) < 4.78 is 10.1. The number of esters is 2. The summed E-state index contributed by atoms with van der Waals surface area (Å²) in [5.74, 6) is -1.35. The fourth-order valence-corrected chi connectivity index (χ4v) is 1.89. The maximum absolute atomic E-state index is 12.2. The van der Waals surface area contributed by atoms with Gasteiger partial charge in [-0.15, -0.1) is 0 Å². The molecule has 0 aliphatic carbocycles. The van der Waals surface area contributed by atoms with Crippen LogP contribution in [0.25, 0.3) is 0 Å². The lowest BCUT2D eigenvalue weighted by atomic mass is 10.0. The molecule has 23 heavy (non-hydrogen) atoms. The van der Waals surface area contributed by atoms with Gasteiger partial charge in [0.25, 0.3) is 0 Å². The van der Waals surface area contributed by atoms with Crippen molar-refractivity contribution in [2.45, 2.75) is 39.2 Å². The zero-order valence-corrected chi connectivity index (χ0v) is 13.6. The third-order valence-electron chi connectivity index (χ3n) is 3.34. The van der Waals surface area contributed by atoms with Crippen LogP contribution >= 0.6 is 0 Å². The van der Waals surface area contributed by atoms with E-state index in [0.717, 1.165) is 18.4 Å². The molecule has 0 bridgehead atoms. The third kappa shape index (κ3) is 5.65. The number of unbranched alkanes of at least 4 members (excludes halogenated alkanes) is 1. The summed E-state index contributed by atoms with van der Waals surface area (Å²) in [6, 6.07) is 4.84. The quantitative estimate of drug-likeness (QED) is 0.531. The second-order valence-corrected chi connectivity index (χ2v) is 5.12. The minimum Gasteiger partial charge on any atom is -0.462 e. The highest BCUT2D eigenvalue weighted by atomic mass is 16.6. The van der Waals surface area contributed by atoms with Crippen molar-refractivity contribution in [2.24, 2.45) is 0 Å². The first-order valence-electron chi connectivity index (χ1n) is 7.80. The van der Waals surface area contributed by atoms with Crippen molar-refractivity contribution in [1.29, 1.82) is 0 Å². The van der Waals surface area contributed by atoms with Crippen molar-refractivity contribution in [3.05, 3.63) is 34.9 Å². The zero-order valence-electron chi connectivity index (χ0n) is 13.6. The number of benzene rings is 1. The van der Waals surface area contributed by atoms with Crippen LogP contribution in [0.4, 0.5) is 0 Å². The smallest absolute Gasteiger partial charge is 0.339 e. The van der Waals surface area contributed by atoms with Gasteiger partial charge in [-0.2, -0.15) is 0 Å². The van der Waals surface area contributed by atoms with Crippen LogP contribution < -0.4 is 0 Å². The van der Waals surface area contributed by atoms with E-state index in [1.54, 1.807) is 12.1 Å². The van der Waals surface area contributed by atoms with Crippen LogP contribution in [0.5, 0.6) is 0 Å². The molecule has 1 aromatic carbocycles. The van der Waals surface area contributed by atoms with Gasteiger partial charge in [-0.05, 0) is 30.5 Å². The molecule has 0 radical (unpaired) electrons. The molecule has 0 saturated heterocycles. The van der Waals surface area contributed by atoms with Crippen molar-refractivity contribution < 1.29 is 29.3 Å². The van der Waals surface area contributed by atoms with Crippen LogP contribution in [0.1, 0.15) is 53.0 Å². The Hall–Kier alpha value is -1.92. The fourth-order valence-electron chi connectivity index (χ4n) is 1.89. The van der Waals surface area contributed by atoms with E-state index in [-0.39, 0.29) is 17.7 Å². The molecule has 1 rings (SSSR count). The molecule has 0 atom stereocenters. The second-order valence-electron chi connectivity index (χ2n) is 5.12. The molecule has 0 unspecified atom stereocenters. The molecule has 1 aromatic rings. The molecule has 2 N–H and O–H groups in total. The number of carbonyl (C=O) groups is 2. The molecule has 0 aliphatic heterocycles. The predicted molar refractivity (Wildman–Crippen MR) is 84.4 cm³/mol. The van der Waals surface area contributed by atoms with E-state index in [1.165, 1.54) is 6.07 Å². The molecule has 0 spiro atoms. The molecule has 6 nitrogen and oxygen atoms in total. The number of carbonyl (C=O) groups excluding carboxylic acids is 2. The highest BCUT2D eigenvalue weighted by Gasteiger charge is 2.22. The average Bonchev–Trinajstić information content (AvgIpc) is 2.58. The van der Waals surface area contributed by atoms with Crippen molar-refractivity contribution in [3.63, 3.8) is 0 Å². The van der Waals surface area contributed by atoms with Gasteiger partial charge in [0.2, 0.25) is 0 Å². The molecule has 0 fully saturated rings. The van der Waals surface area contributed by atoms with Gasteiger partial charge in [0, 0.05) is 0 Å². The molecular formula is C17H24O6. The molecule has 0 aromatic heterocycles. The minimum atomic E-state index is -1.02. The Morgan fingerprint density at radius 1 is 1.09 bits per heavy atom. The molecule has 0 heterocycles. The van der Waals surface area contributed by atoms with Gasteiger partial charge >= 0.3 is 11.9 Å². The van der Waals surface area contributed by atoms with Crippen molar-refractivity contribution in [1.82, 2.24) is 0 Å². The lowest BCUT2D eigenvalue weighted by molar-refractivity contribution is -0.00572. The SMILES string of the molecule is CCCCOC(=O)c1cc(CC)ccc1C(=O)OC(CO)CO. The summed E-state index contributed by atoms with van der Waals surface area (Å²) in [6.45, 7) is 3.22. The first-order chi connectivity index (χ1) is 11.1. The van der Waals surface area contributed by atoms with E-state index in [0.29, 0.717) is 6.42 Å². The summed E-state index contributed by atoms with van der Waals surface area (Å²) in [5, 5.41) is 18.0. The molecule has 128 valence electrons. The number of aliphatic hydroxyl groups excluding tert-OH is 2. The number of aryl methyl sites for hydroxylation is 1. The first kappa shape index (κ1) is 19.1. The monoisotopic (exact) mass is 324 g/mol. The van der Waals surface area contributed by atoms with E-state index in [2.05, 4.69) is 0 Å². The molecule has 6 heteroatoms. The van der Waals surface area contributed by atoms with Gasteiger partial charge in [0.05, 0.1) is 30.9 Å². The second kappa shape index (κ2) is 9.97. The van der Waals surface area contributed by atoms with Gasteiger partial charge in [-0.3, -0.25) is 0 Å². The minimum absolute atomic E-state index is 0.0654. The Balaban J connectivity index is 3.01. The van der Waals surface area contributed by atoms with Crippen LogP contribution in [0.2, 0.25) is 0 Å². The fraction of sp³-hybridized carbons (Fsp3) is 0.529. The van der Waals surface area contributed by atoms with Crippen LogP contribution in [0, 0.1) is 0 Å². The Bertz CT molecular complexity index is 522. The van der Waals surface area contributed by atoms with E-state index in [4.69, 9.17) is 19.7 Å². The van der Waals surface area contributed by atoms with E-state index >= 15 is 0 Å². The summed E-state index contributed by atoms with van der Waals surface area (Å²) in [5.41, 5.74) is 1.10. The van der Waals surface area contributed by atoms with Crippen molar-refractivity contribution >= 4 is 11.9 Å². The zero-order chi connectivity index (χ0) is 17.2. The Kier molecular flexibility index (Phi) is 8.29. The van der Waals surface area contributed by atoms with Crippen LogP contribution in [-0.2, 0) is 15.9 Å².